The predicted octanol–water partition coefficient (Wildman–Crippen LogP) is 3.09. The summed E-state index contributed by atoms with van der Waals surface area (Å²) in [4.78, 5) is 4.09. The highest BCUT2D eigenvalue weighted by molar-refractivity contribution is 5.38. The summed E-state index contributed by atoms with van der Waals surface area (Å²) in [6, 6.07) is 8.37. The number of aliphatic hydroxyl groups is 1. The van der Waals surface area contributed by atoms with Gasteiger partial charge in [0.2, 0.25) is 0 Å². The number of nitrogens with zero attached hydrogens (tertiary/aromatic N) is 2. The average Bonchev–Trinajstić information content (AvgIpc) is 3.00. The Morgan fingerprint density at radius 2 is 2.33 bits per heavy atom. The maximum Gasteiger partial charge on any atom is 0.127 e. The van der Waals surface area contributed by atoms with Gasteiger partial charge in [0.25, 0.3) is 0 Å². The van der Waals surface area contributed by atoms with Crippen LogP contribution in [0.2, 0.25) is 0 Å². The molecule has 3 nitrogen and oxygen atoms in total. The van der Waals surface area contributed by atoms with Gasteiger partial charge in [-0.1, -0.05) is 24.0 Å². The number of aromatic nitrogens is 2. The molecule has 0 radical (unpaired) electrons. The van der Waals surface area contributed by atoms with Crippen LogP contribution in [0, 0.1) is 18.8 Å². The molecule has 2 aromatic rings. The number of hydrogen-bond donors (Lipinski definition) is 1. The molecule has 1 aliphatic carbocycles. The van der Waals surface area contributed by atoms with E-state index in [2.05, 4.69) is 34.4 Å². The molecule has 1 saturated carbocycles. The van der Waals surface area contributed by atoms with Gasteiger partial charge >= 0.3 is 0 Å². The zero-order chi connectivity index (χ0) is 14.7. The van der Waals surface area contributed by atoms with Gasteiger partial charge in [-0.2, -0.15) is 0 Å². The fourth-order valence-electron chi connectivity index (χ4n) is 2.99. The molecule has 1 fully saturated rings. The topological polar surface area (TPSA) is 38.0 Å². The number of benzene rings is 1. The Kier molecular flexibility index (Phi) is 3.81. The van der Waals surface area contributed by atoms with Crippen molar-refractivity contribution in [1.82, 2.24) is 9.55 Å². The minimum absolute atomic E-state index is 0.290. The van der Waals surface area contributed by atoms with Crippen molar-refractivity contribution < 1.29 is 5.11 Å². The largest absolute Gasteiger partial charge is 0.378 e. The van der Waals surface area contributed by atoms with Crippen LogP contribution in [0.4, 0.5) is 0 Å². The number of imidazole rings is 1. The molecule has 2 atom stereocenters. The van der Waals surface area contributed by atoms with Crippen LogP contribution in [0.15, 0.2) is 43.0 Å². The molecule has 0 bridgehead atoms. The predicted molar refractivity (Wildman–Crippen MR) is 82.7 cm³/mol. The summed E-state index contributed by atoms with van der Waals surface area (Å²) in [5.74, 6) is 6.24. The third-order valence-corrected chi connectivity index (χ3v) is 4.11. The van der Waals surface area contributed by atoms with E-state index in [1.54, 1.807) is 6.20 Å². The highest BCUT2D eigenvalue weighted by atomic mass is 16.3. The van der Waals surface area contributed by atoms with Crippen LogP contribution < -0.4 is 0 Å². The number of hydrogen-bond acceptors (Lipinski definition) is 2. The Balaban J connectivity index is 1.78. The van der Waals surface area contributed by atoms with Crippen molar-refractivity contribution in [1.29, 1.82) is 0 Å². The Morgan fingerprint density at radius 3 is 3.10 bits per heavy atom. The monoisotopic (exact) mass is 280 g/mol. The van der Waals surface area contributed by atoms with Crippen molar-refractivity contribution >= 4 is 0 Å². The fourth-order valence-corrected chi connectivity index (χ4v) is 2.99. The second-order valence-corrected chi connectivity index (χ2v) is 5.91. The molecule has 0 saturated heterocycles. The lowest BCUT2D eigenvalue weighted by molar-refractivity contribution is 0.0398. The first-order valence-corrected chi connectivity index (χ1v) is 7.44. The van der Waals surface area contributed by atoms with E-state index in [4.69, 9.17) is 0 Å². The molecule has 21 heavy (non-hydrogen) atoms. The molecule has 3 heteroatoms. The molecule has 0 amide bonds. The van der Waals surface area contributed by atoms with Gasteiger partial charge in [-0.3, -0.25) is 0 Å². The Bertz CT molecular complexity index is 666. The van der Waals surface area contributed by atoms with E-state index in [0.717, 1.165) is 24.8 Å². The van der Waals surface area contributed by atoms with Crippen LogP contribution in [-0.2, 0) is 0 Å². The van der Waals surface area contributed by atoms with Crippen molar-refractivity contribution in [3.8, 4) is 11.8 Å². The van der Waals surface area contributed by atoms with Crippen LogP contribution in [-0.4, -0.2) is 20.3 Å². The zero-order valence-corrected chi connectivity index (χ0v) is 12.3. The first-order valence-electron chi connectivity index (χ1n) is 7.44. The third-order valence-electron chi connectivity index (χ3n) is 4.11. The SMILES string of the molecule is Cc1cccc(C#CC2(O)CCCC(n3ccnc3)C2)c1. The third kappa shape index (κ3) is 3.34. The summed E-state index contributed by atoms with van der Waals surface area (Å²) in [5, 5.41) is 10.8. The summed E-state index contributed by atoms with van der Waals surface area (Å²) in [5.41, 5.74) is 1.26. The molecular formula is C18H20N2O. The van der Waals surface area contributed by atoms with Crippen LogP contribution in [0.25, 0.3) is 0 Å². The maximum absolute atomic E-state index is 10.8. The van der Waals surface area contributed by atoms with Gasteiger partial charge in [0, 0.05) is 30.4 Å². The normalized spacial score (nSPS) is 25.1. The van der Waals surface area contributed by atoms with E-state index in [9.17, 15) is 5.11 Å². The van der Waals surface area contributed by atoms with Gasteiger partial charge < -0.3 is 9.67 Å². The average molecular weight is 280 g/mol. The fraction of sp³-hybridized carbons (Fsp3) is 0.389. The molecule has 3 rings (SSSR count). The van der Waals surface area contributed by atoms with Gasteiger partial charge in [0.05, 0.1) is 6.33 Å². The number of aryl methyl sites for hydroxylation is 1. The lowest BCUT2D eigenvalue weighted by Gasteiger charge is -2.33. The zero-order valence-electron chi connectivity index (χ0n) is 12.3. The van der Waals surface area contributed by atoms with E-state index < -0.39 is 5.60 Å². The van der Waals surface area contributed by atoms with Crippen LogP contribution in [0.1, 0.15) is 42.9 Å². The molecule has 1 aromatic heterocycles. The maximum atomic E-state index is 10.8. The van der Waals surface area contributed by atoms with Crippen molar-refractivity contribution in [2.24, 2.45) is 0 Å². The smallest absolute Gasteiger partial charge is 0.127 e. The molecule has 1 aliphatic rings. The molecule has 0 spiro atoms. The van der Waals surface area contributed by atoms with Gasteiger partial charge in [0.15, 0.2) is 0 Å². The quantitative estimate of drug-likeness (QED) is 0.815. The molecule has 1 N–H and O–H groups in total. The van der Waals surface area contributed by atoms with Gasteiger partial charge in [-0.05, 0) is 43.9 Å². The van der Waals surface area contributed by atoms with Crippen molar-refractivity contribution in [2.75, 3.05) is 0 Å². The summed E-state index contributed by atoms with van der Waals surface area (Å²) in [7, 11) is 0. The highest BCUT2D eigenvalue weighted by Crippen LogP contribution is 2.35. The second-order valence-electron chi connectivity index (χ2n) is 5.91. The standard InChI is InChI=1S/C18H20N2O/c1-15-4-2-5-16(12-15)7-9-18(21)8-3-6-17(13-18)20-11-10-19-14-20/h2,4-5,10-12,14,17,21H,3,6,8,13H2,1H3. The Hall–Kier alpha value is -2.05. The lowest BCUT2D eigenvalue weighted by atomic mass is 9.82. The Morgan fingerprint density at radius 1 is 1.43 bits per heavy atom. The molecule has 1 heterocycles. The Labute approximate surface area is 125 Å². The van der Waals surface area contributed by atoms with Crippen molar-refractivity contribution in [2.45, 2.75) is 44.2 Å². The summed E-state index contributed by atoms with van der Waals surface area (Å²) < 4.78 is 2.08. The summed E-state index contributed by atoms with van der Waals surface area (Å²) >= 11 is 0. The first kappa shape index (κ1) is 13.9. The molecule has 108 valence electrons. The molecule has 2 unspecified atom stereocenters. The van der Waals surface area contributed by atoms with Gasteiger partial charge in [-0.25, -0.2) is 4.98 Å². The summed E-state index contributed by atoms with van der Waals surface area (Å²) in [6.45, 7) is 2.05. The van der Waals surface area contributed by atoms with E-state index >= 15 is 0 Å². The van der Waals surface area contributed by atoms with Gasteiger partial charge in [0.1, 0.15) is 5.60 Å². The van der Waals surface area contributed by atoms with E-state index in [-0.39, 0.29) is 6.04 Å². The highest BCUT2D eigenvalue weighted by Gasteiger charge is 2.33. The first-order chi connectivity index (χ1) is 10.1. The molecule has 0 aliphatic heterocycles. The molecular weight excluding hydrogens is 260 g/mol. The van der Waals surface area contributed by atoms with Crippen LogP contribution in [0.5, 0.6) is 0 Å². The minimum Gasteiger partial charge on any atom is -0.378 e. The molecule has 1 aromatic carbocycles. The van der Waals surface area contributed by atoms with Crippen LogP contribution >= 0.6 is 0 Å². The van der Waals surface area contributed by atoms with E-state index in [1.807, 2.05) is 30.7 Å². The summed E-state index contributed by atoms with van der Waals surface area (Å²) in [6.07, 6.45) is 9.05. The van der Waals surface area contributed by atoms with E-state index in [0.29, 0.717) is 6.42 Å². The van der Waals surface area contributed by atoms with Gasteiger partial charge in [-0.15, -0.1) is 0 Å². The van der Waals surface area contributed by atoms with Crippen molar-refractivity contribution in [3.05, 3.63) is 54.1 Å². The minimum atomic E-state index is -0.892. The lowest BCUT2D eigenvalue weighted by Crippen LogP contribution is -2.34. The number of rotatable bonds is 1. The van der Waals surface area contributed by atoms with Crippen molar-refractivity contribution in [3.63, 3.8) is 0 Å². The van der Waals surface area contributed by atoms with E-state index in [1.165, 1.54) is 5.56 Å². The van der Waals surface area contributed by atoms with Crippen LogP contribution in [0.3, 0.4) is 0 Å². The second kappa shape index (κ2) is 5.75.